The molecule has 3 rings (SSSR count). The summed E-state index contributed by atoms with van der Waals surface area (Å²) in [6.45, 7) is 7.33. The standard InChI is InChI=1S/C21H27ClN6O/c1-21(2,3)18-13-24-19(29-18)14-26-20(23-4)25-12-17(28-11-5-10-27-28)15-6-8-16(22)9-7-15/h5-11,13,17H,12,14H2,1-4H3,(H2,23,25,26). The van der Waals surface area contributed by atoms with Gasteiger partial charge in [-0.15, -0.1) is 0 Å². The van der Waals surface area contributed by atoms with E-state index in [2.05, 4.69) is 46.5 Å². The van der Waals surface area contributed by atoms with Crippen LogP contribution in [0.3, 0.4) is 0 Å². The summed E-state index contributed by atoms with van der Waals surface area (Å²) in [5.74, 6) is 2.14. The van der Waals surface area contributed by atoms with Crippen LogP contribution in [0.2, 0.25) is 5.02 Å². The fourth-order valence-electron chi connectivity index (χ4n) is 2.83. The Kier molecular flexibility index (Phi) is 6.59. The van der Waals surface area contributed by atoms with Crippen molar-refractivity contribution in [1.82, 2.24) is 25.4 Å². The van der Waals surface area contributed by atoms with Gasteiger partial charge in [-0.1, -0.05) is 44.5 Å². The van der Waals surface area contributed by atoms with Crippen LogP contribution >= 0.6 is 11.6 Å². The zero-order chi connectivity index (χ0) is 20.9. The highest BCUT2D eigenvalue weighted by atomic mass is 35.5. The van der Waals surface area contributed by atoms with Gasteiger partial charge in [0.1, 0.15) is 5.76 Å². The first-order valence-electron chi connectivity index (χ1n) is 9.51. The molecule has 7 nitrogen and oxygen atoms in total. The van der Waals surface area contributed by atoms with Gasteiger partial charge < -0.3 is 15.1 Å². The number of nitrogens with zero attached hydrogens (tertiary/aromatic N) is 4. The lowest BCUT2D eigenvalue weighted by molar-refractivity contribution is 0.379. The third-order valence-electron chi connectivity index (χ3n) is 4.49. The highest BCUT2D eigenvalue weighted by Gasteiger charge is 2.19. The number of benzene rings is 1. The maximum Gasteiger partial charge on any atom is 0.213 e. The van der Waals surface area contributed by atoms with Gasteiger partial charge in [0.25, 0.3) is 0 Å². The minimum atomic E-state index is -0.0687. The van der Waals surface area contributed by atoms with Crippen molar-refractivity contribution in [2.45, 2.75) is 38.8 Å². The summed E-state index contributed by atoms with van der Waals surface area (Å²) in [5.41, 5.74) is 1.03. The molecule has 154 valence electrons. The number of hydrogen-bond acceptors (Lipinski definition) is 4. The smallest absolute Gasteiger partial charge is 0.213 e. The van der Waals surface area contributed by atoms with Gasteiger partial charge >= 0.3 is 0 Å². The first-order chi connectivity index (χ1) is 13.9. The second-order valence-corrected chi connectivity index (χ2v) is 8.16. The highest BCUT2D eigenvalue weighted by Crippen LogP contribution is 2.22. The number of guanidine groups is 1. The highest BCUT2D eigenvalue weighted by molar-refractivity contribution is 6.30. The summed E-state index contributed by atoms with van der Waals surface area (Å²) in [6, 6.07) is 9.69. The van der Waals surface area contributed by atoms with Crippen LogP contribution in [0.15, 0.2) is 58.3 Å². The van der Waals surface area contributed by atoms with Gasteiger partial charge in [0, 0.05) is 36.4 Å². The molecule has 0 radical (unpaired) electrons. The minimum Gasteiger partial charge on any atom is -0.443 e. The molecule has 2 N–H and O–H groups in total. The molecule has 0 amide bonds. The van der Waals surface area contributed by atoms with Gasteiger partial charge in [-0.2, -0.15) is 5.10 Å². The summed E-state index contributed by atoms with van der Waals surface area (Å²) in [7, 11) is 1.73. The number of aromatic nitrogens is 3. The molecule has 0 spiro atoms. The lowest BCUT2D eigenvalue weighted by Crippen LogP contribution is -2.40. The van der Waals surface area contributed by atoms with Crippen LogP contribution in [0.25, 0.3) is 0 Å². The molecule has 2 aromatic heterocycles. The Morgan fingerprint density at radius 1 is 1.24 bits per heavy atom. The number of oxazole rings is 1. The number of aliphatic imine (C=N–C) groups is 1. The van der Waals surface area contributed by atoms with Gasteiger partial charge in [-0.25, -0.2) is 4.98 Å². The predicted molar refractivity (Wildman–Crippen MR) is 115 cm³/mol. The van der Waals surface area contributed by atoms with E-state index < -0.39 is 0 Å². The average Bonchev–Trinajstić information content (AvgIpc) is 3.37. The van der Waals surface area contributed by atoms with Gasteiger partial charge in [0.2, 0.25) is 5.89 Å². The van der Waals surface area contributed by atoms with E-state index >= 15 is 0 Å². The zero-order valence-electron chi connectivity index (χ0n) is 17.2. The van der Waals surface area contributed by atoms with Gasteiger partial charge in [-0.05, 0) is 23.8 Å². The zero-order valence-corrected chi connectivity index (χ0v) is 17.9. The van der Waals surface area contributed by atoms with Crippen LogP contribution in [0.5, 0.6) is 0 Å². The molecule has 0 fully saturated rings. The summed E-state index contributed by atoms with van der Waals surface area (Å²) in [4.78, 5) is 8.64. The van der Waals surface area contributed by atoms with Crippen molar-refractivity contribution >= 4 is 17.6 Å². The molecule has 0 saturated carbocycles. The molecule has 8 heteroatoms. The van der Waals surface area contributed by atoms with Crippen LogP contribution < -0.4 is 10.6 Å². The fraction of sp³-hybridized carbons (Fsp3) is 0.381. The molecule has 1 aromatic carbocycles. The Labute approximate surface area is 176 Å². The Morgan fingerprint density at radius 3 is 2.59 bits per heavy atom. The third kappa shape index (κ3) is 5.60. The molecule has 0 aliphatic rings. The van der Waals surface area contributed by atoms with E-state index in [0.29, 0.717) is 30.0 Å². The van der Waals surface area contributed by atoms with Crippen molar-refractivity contribution in [2.24, 2.45) is 4.99 Å². The molecule has 1 unspecified atom stereocenters. The molecule has 29 heavy (non-hydrogen) atoms. The van der Waals surface area contributed by atoms with Gasteiger partial charge in [-0.3, -0.25) is 9.67 Å². The second-order valence-electron chi connectivity index (χ2n) is 7.73. The number of rotatable bonds is 6. The SMILES string of the molecule is CN=C(NCc1ncc(C(C)(C)C)o1)NCC(c1ccc(Cl)cc1)n1cccn1. The summed E-state index contributed by atoms with van der Waals surface area (Å²) < 4.78 is 7.73. The van der Waals surface area contributed by atoms with Crippen molar-refractivity contribution in [2.75, 3.05) is 13.6 Å². The van der Waals surface area contributed by atoms with Crippen LogP contribution in [-0.2, 0) is 12.0 Å². The molecule has 3 aromatic rings. The fourth-order valence-corrected chi connectivity index (χ4v) is 2.95. The van der Waals surface area contributed by atoms with Crippen molar-refractivity contribution in [1.29, 1.82) is 0 Å². The lowest BCUT2D eigenvalue weighted by Gasteiger charge is -2.20. The number of hydrogen-bond donors (Lipinski definition) is 2. The Balaban J connectivity index is 1.63. The Hall–Kier alpha value is -2.80. The quantitative estimate of drug-likeness (QED) is 0.474. The molecule has 0 saturated heterocycles. The molecule has 2 heterocycles. The summed E-state index contributed by atoms with van der Waals surface area (Å²) >= 11 is 6.04. The van der Waals surface area contributed by atoms with Crippen LogP contribution in [0, 0.1) is 0 Å². The lowest BCUT2D eigenvalue weighted by atomic mass is 9.94. The van der Waals surface area contributed by atoms with E-state index in [1.807, 2.05) is 41.2 Å². The number of halogens is 1. The molecule has 1 atom stereocenters. The maximum absolute atomic E-state index is 6.04. The minimum absolute atomic E-state index is 0.00459. The molecule has 0 bridgehead atoms. The van der Waals surface area contributed by atoms with E-state index in [1.165, 1.54) is 0 Å². The summed E-state index contributed by atoms with van der Waals surface area (Å²) in [5, 5.41) is 11.7. The molecular weight excluding hydrogens is 388 g/mol. The first-order valence-corrected chi connectivity index (χ1v) is 9.89. The van der Waals surface area contributed by atoms with Crippen molar-refractivity contribution < 1.29 is 4.42 Å². The topological polar surface area (TPSA) is 80.3 Å². The van der Waals surface area contributed by atoms with Crippen LogP contribution in [-0.4, -0.2) is 34.3 Å². The molecule has 0 aliphatic carbocycles. The number of nitrogens with one attached hydrogen (secondary N) is 2. The Bertz CT molecular complexity index is 925. The normalized spacial score (nSPS) is 13.3. The predicted octanol–water partition coefficient (Wildman–Crippen LogP) is 3.78. The first kappa shape index (κ1) is 20.9. The van der Waals surface area contributed by atoms with E-state index in [1.54, 1.807) is 19.4 Å². The van der Waals surface area contributed by atoms with Crippen molar-refractivity contribution in [3.63, 3.8) is 0 Å². The largest absolute Gasteiger partial charge is 0.443 e. The molecule has 0 aliphatic heterocycles. The van der Waals surface area contributed by atoms with E-state index in [9.17, 15) is 0 Å². The van der Waals surface area contributed by atoms with Gasteiger partial charge in [0.15, 0.2) is 5.96 Å². The maximum atomic E-state index is 6.04. The van der Waals surface area contributed by atoms with Crippen molar-refractivity contribution in [3.05, 3.63) is 71.2 Å². The summed E-state index contributed by atoms with van der Waals surface area (Å²) in [6.07, 6.45) is 5.49. The third-order valence-corrected chi connectivity index (χ3v) is 4.74. The monoisotopic (exact) mass is 414 g/mol. The Morgan fingerprint density at radius 2 is 2.00 bits per heavy atom. The van der Waals surface area contributed by atoms with Gasteiger partial charge in [0.05, 0.1) is 18.8 Å². The van der Waals surface area contributed by atoms with E-state index in [-0.39, 0.29) is 11.5 Å². The second kappa shape index (κ2) is 9.13. The average molecular weight is 415 g/mol. The van der Waals surface area contributed by atoms with Crippen LogP contribution in [0.1, 0.15) is 44.0 Å². The van der Waals surface area contributed by atoms with Crippen molar-refractivity contribution in [3.8, 4) is 0 Å². The van der Waals surface area contributed by atoms with E-state index in [4.69, 9.17) is 16.0 Å². The van der Waals surface area contributed by atoms with Crippen LogP contribution in [0.4, 0.5) is 0 Å². The molecular formula is C21H27ClN6O. The van der Waals surface area contributed by atoms with E-state index in [0.717, 1.165) is 11.3 Å².